The summed E-state index contributed by atoms with van der Waals surface area (Å²) in [5.74, 6) is 1.41. The molecule has 0 radical (unpaired) electrons. The van der Waals surface area contributed by atoms with Crippen LogP contribution in [0.5, 0.6) is 0 Å². The Morgan fingerprint density at radius 1 is 1.03 bits per heavy atom. The number of aromatic nitrogens is 2. The van der Waals surface area contributed by atoms with Crippen LogP contribution in [0.4, 0.5) is 0 Å². The number of piperidine rings is 1. The zero-order chi connectivity index (χ0) is 24.5. The molecule has 1 aromatic heterocycles. The number of rotatable bonds is 4. The summed E-state index contributed by atoms with van der Waals surface area (Å²) in [6.07, 6.45) is 1.74. The van der Waals surface area contributed by atoms with E-state index in [0.717, 1.165) is 38.0 Å². The predicted octanol–water partition coefficient (Wildman–Crippen LogP) is 3.53. The minimum absolute atomic E-state index is 0.0153. The monoisotopic (exact) mass is 467 g/mol. The molecule has 0 N–H and O–H groups in total. The van der Waals surface area contributed by atoms with Gasteiger partial charge in [-0.05, 0) is 26.7 Å². The van der Waals surface area contributed by atoms with Crippen molar-refractivity contribution in [2.45, 2.75) is 53.5 Å². The molecule has 2 unspecified atom stereocenters. The van der Waals surface area contributed by atoms with Crippen molar-refractivity contribution in [1.29, 1.82) is 0 Å². The van der Waals surface area contributed by atoms with Gasteiger partial charge in [-0.1, -0.05) is 55.8 Å². The molecule has 34 heavy (non-hydrogen) atoms. The third kappa shape index (κ3) is 5.32. The van der Waals surface area contributed by atoms with Crippen molar-refractivity contribution in [2.24, 2.45) is 11.3 Å². The highest BCUT2D eigenvalue weighted by atomic mass is 16.5. The van der Waals surface area contributed by atoms with Crippen molar-refractivity contribution in [3.8, 4) is 11.4 Å². The Balaban J connectivity index is 1.32. The fourth-order valence-corrected chi connectivity index (χ4v) is 4.81. The van der Waals surface area contributed by atoms with Crippen LogP contribution < -0.4 is 0 Å². The second-order valence-corrected chi connectivity index (χ2v) is 10.7. The second kappa shape index (κ2) is 9.86. The van der Waals surface area contributed by atoms with Gasteiger partial charge in [-0.15, -0.1) is 0 Å². The van der Waals surface area contributed by atoms with Crippen LogP contribution in [0.1, 0.15) is 58.0 Å². The van der Waals surface area contributed by atoms with E-state index in [0.29, 0.717) is 31.3 Å². The summed E-state index contributed by atoms with van der Waals surface area (Å²) in [5.41, 5.74) is 1.71. The van der Waals surface area contributed by atoms with E-state index in [9.17, 15) is 9.59 Å². The van der Waals surface area contributed by atoms with Gasteiger partial charge in [0.2, 0.25) is 23.5 Å². The lowest BCUT2D eigenvalue weighted by Gasteiger charge is -2.41. The molecular formula is C26H37N5O3. The SMILES string of the molecule is Cc1ccc(-c2noc(C(C)N3CCN(C(=O)C4CCCN(C(=O)C(C)(C)C)C4)CC3)n2)cc1. The normalized spacial score (nSPS) is 20.9. The molecule has 2 aliphatic heterocycles. The molecule has 0 bridgehead atoms. The van der Waals surface area contributed by atoms with Gasteiger partial charge in [0.25, 0.3) is 0 Å². The fourth-order valence-electron chi connectivity index (χ4n) is 4.81. The topological polar surface area (TPSA) is 82.8 Å². The van der Waals surface area contributed by atoms with Gasteiger partial charge in [0.15, 0.2) is 0 Å². The van der Waals surface area contributed by atoms with E-state index in [1.165, 1.54) is 5.56 Å². The summed E-state index contributed by atoms with van der Waals surface area (Å²) in [7, 11) is 0. The number of aryl methyl sites for hydroxylation is 1. The lowest BCUT2D eigenvalue weighted by Crippen LogP contribution is -2.54. The van der Waals surface area contributed by atoms with Gasteiger partial charge in [-0.2, -0.15) is 4.98 Å². The first kappa shape index (κ1) is 24.4. The standard InChI is InChI=1S/C26H37N5O3/c1-18-8-10-20(11-9-18)22-27-23(34-28-22)19(2)29-13-15-30(16-14-29)24(32)21-7-6-12-31(17-21)25(33)26(3,4)5/h8-11,19,21H,6-7,12-17H2,1-5H3. The predicted molar refractivity (Wildman–Crippen MR) is 130 cm³/mol. The average molecular weight is 468 g/mol. The molecule has 8 nitrogen and oxygen atoms in total. The van der Waals surface area contributed by atoms with E-state index in [-0.39, 0.29) is 23.8 Å². The summed E-state index contributed by atoms with van der Waals surface area (Å²) in [6, 6.07) is 8.06. The summed E-state index contributed by atoms with van der Waals surface area (Å²) in [6.45, 7) is 14.1. The first-order valence-electron chi connectivity index (χ1n) is 12.4. The van der Waals surface area contributed by atoms with Crippen molar-refractivity contribution in [1.82, 2.24) is 24.8 Å². The van der Waals surface area contributed by atoms with E-state index >= 15 is 0 Å². The summed E-state index contributed by atoms with van der Waals surface area (Å²) >= 11 is 0. The fraction of sp³-hybridized carbons (Fsp3) is 0.615. The highest BCUT2D eigenvalue weighted by Crippen LogP contribution is 2.27. The number of nitrogens with zero attached hydrogens (tertiary/aromatic N) is 5. The van der Waals surface area contributed by atoms with E-state index in [1.807, 2.05) is 61.8 Å². The Morgan fingerprint density at radius 3 is 2.35 bits per heavy atom. The van der Waals surface area contributed by atoms with Gasteiger partial charge in [0.05, 0.1) is 12.0 Å². The molecule has 1 aromatic carbocycles. The van der Waals surface area contributed by atoms with Crippen molar-refractivity contribution < 1.29 is 14.1 Å². The number of hydrogen-bond donors (Lipinski definition) is 0. The van der Waals surface area contributed by atoms with E-state index < -0.39 is 5.41 Å². The first-order chi connectivity index (χ1) is 16.1. The van der Waals surface area contributed by atoms with Crippen molar-refractivity contribution >= 4 is 11.8 Å². The third-order valence-electron chi connectivity index (χ3n) is 6.98. The van der Waals surface area contributed by atoms with E-state index in [2.05, 4.69) is 22.0 Å². The zero-order valence-corrected chi connectivity index (χ0v) is 21.1. The molecule has 0 aliphatic carbocycles. The van der Waals surface area contributed by atoms with Crippen LogP contribution in [-0.2, 0) is 9.59 Å². The van der Waals surface area contributed by atoms with Gasteiger partial charge in [-0.3, -0.25) is 14.5 Å². The van der Waals surface area contributed by atoms with Crippen LogP contribution in [0.2, 0.25) is 0 Å². The lowest BCUT2D eigenvalue weighted by atomic mass is 9.90. The Kier molecular flexibility index (Phi) is 7.07. The number of likely N-dealkylation sites (tertiary alicyclic amines) is 1. The molecule has 2 amide bonds. The molecule has 3 heterocycles. The maximum absolute atomic E-state index is 13.2. The molecule has 0 spiro atoms. The molecule has 2 aliphatic rings. The van der Waals surface area contributed by atoms with E-state index in [4.69, 9.17) is 4.52 Å². The lowest BCUT2D eigenvalue weighted by molar-refractivity contribution is -0.146. The highest BCUT2D eigenvalue weighted by molar-refractivity contribution is 5.84. The molecular weight excluding hydrogens is 430 g/mol. The molecule has 0 saturated carbocycles. The van der Waals surface area contributed by atoms with Crippen LogP contribution in [0.3, 0.4) is 0 Å². The largest absolute Gasteiger partial charge is 0.341 e. The van der Waals surface area contributed by atoms with Gasteiger partial charge in [0.1, 0.15) is 0 Å². The number of piperazine rings is 1. The Labute approximate surface area is 202 Å². The van der Waals surface area contributed by atoms with Gasteiger partial charge in [-0.25, -0.2) is 0 Å². The van der Waals surface area contributed by atoms with Crippen LogP contribution >= 0.6 is 0 Å². The first-order valence-corrected chi connectivity index (χ1v) is 12.4. The van der Waals surface area contributed by atoms with Crippen molar-refractivity contribution in [3.63, 3.8) is 0 Å². The van der Waals surface area contributed by atoms with E-state index in [1.54, 1.807) is 0 Å². The summed E-state index contributed by atoms with van der Waals surface area (Å²) in [5, 5.41) is 4.17. The maximum Gasteiger partial charge on any atom is 0.244 e. The number of carbonyl (C=O) groups is 2. The Morgan fingerprint density at radius 2 is 1.71 bits per heavy atom. The third-order valence-corrected chi connectivity index (χ3v) is 6.98. The number of carbonyl (C=O) groups excluding carboxylic acids is 2. The van der Waals surface area contributed by atoms with Crippen molar-refractivity contribution in [2.75, 3.05) is 39.3 Å². The minimum Gasteiger partial charge on any atom is -0.341 e. The van der Waals surface area contributed by atoms with Crippen LogP contribution in [0.15, 0.2) is 28.8 Å². The minimum atomic E-state index is -0.416. The molecule has 2 atom stereocenters. The van der Waals surface area contributed by atoms with Crippen LogP contribution in [0.25, 0.3) is 11.4 Å². The van der Waals surface area contributed by atoms with Gasteiger partial charge in [0, 0.05) is 50.2 Å². The second-order valence-electron chi connectivity index (χ2n) is 10.7. The molecule has 2 saturated heterocycles. The molecule has 2 fully saturated rings. The molecule has 2 aromatic rings. The summed E-state index contributed by atoms with van der Waals surface area (Å²) in [4.78, 5) is 36.7. The molecule has 8 heteroatoms. The maximum atomic E-state index is 13.2. The van der Waals surface area contributed by atoms with Crippen LogP contribution in [0, 0.1) is 18.3 Å². The van der Waals surface area contributed by atoms with Crippen molar-refractivity contribution in [3.05, 3.63) is 35.7 Å². The number of benzene rings is 1. The average Bonchev–Trinajstić information content (AvgIpc) is 3.33. The molecule has 184 valence electrons. The zero-order valence-electron chi connectivity index (χ0n) is 21.1. The summed E-state index contributed by atoms with van der Waals surface area (Å²) < 4.78 is 5.57. The van der Waals surface area contributed by atoms with Crippen LogP contribution in [-0.4, -0.2) is 75.9 Å². The molecule has 4 rings (SSSR count). The highest BCUT2D eigenvalue weighted by Gasteiger charge is 2.36. The number of hydrogen-bond acceptors (Lipinski definition) is 6. The van der Waals surface area contributed by atoms with Gasteiger partial charge < -0.3 is 14.3 Å². The Hall–Kier alpha value is -2.74. The number of amides is 2. The smallest absolute Gasteiger partial charge is 0.244 e. The Bertz CT molecular complexity index is 1000. The van der Waals surface area contributed by atoms with Gasteiger partial charge >= 0.3 is 0 Å². The quantitative estimate of drug-likeness (QED) is 0.684.